The molecule has 1 aliphatic rings. The number of carbonyl (C=O) groups excluding carboxylic acids is 2. The van der Waals surface area contributed by atoms with Crippen LogP contribution in [0.1, 0.15) is 20.8 Å². The Hall–Kier alpha value is -2.20. The number of anilines is 2. The van der Waals surface area contributed by atoms with Gasteiger partial charge in [0.2, 0.25) is 10.3 Å². The zero-order chi connectivity index (χ0) is 18.2. The van der Waals surface area contributed by atoms with Crippen molar-refractivity contribution < 1.29 is 23.8 Å². The van der Waals surface area contributed by atoms with Crippen molar-refractivity contribution in [2.45, 2.75) is 26.9 Å². The summed E-state index contributed by atoms with van der Waals surface area (Å²) in [6.45, 7) is 7.76. The third kappa shape index (κ3) is 5.40. The molecule has 0 radical (unpaired) electrons. The lowest BCUT2D eigenvalue weighted by Crippen LogP contribution is -2.41. The van der Waals surface area contributed by atoms with Gasteiger partial charge in [0, 0.05) is 19.3 Å². The van der Waals surface area contributed by atoms with Gasteiger partial charge in [-0.15, -0.1) is 10.2 Å². The average molecular weight is 370 g/mol. The lowest BCUT2D eigenvalue weighted by Gasteiger charge is -2.30. The predicted molar refractivity (Wildman–Crippen MR) is 92.5 cm³/mol. The third-order valence-electron chi connectivity index (χ3n) is 3.26. The van der Waals surface area contributed by atoms with Gasteiger partial charge in [-0.2, -0.15) is 0 Å². The van der Waals surface area contributed by atoms with Gasteiger partial charge in [-0.05, 0) is 20.8 Å². The van der Waals surface area contributed by atoms with Crippen LogP contribution >= 0.6 is 11.3 Å². The molecule has 1 aromatic rings. The largest absolute Gasteiger partial charge is 0.462 e. The highest BCUT2D eigenvalue weighted by molar-refractivity contribution is 7.19. The second-order valence-corrected chi connectivity index (χ2v) is 6.12. The quantitative estimate of drug-likeness (QED) is 0.328. The fraction of sp³-hybridized carbons (Fsp3) is 0.600. The van der Waals surface area contributed by atoms with Crippen LogP contribution in [-0.2, 0) is 23.8 Å². The summed E-state index contributed by atoms with van der Waals surface area (Å²) >= 11 is 1.32. The van der Waals surface area contributed by atoms with Gasteiger partial charge in [-0.1, -0.05) is 11.3 Å². The van der Waals surface area contributed by atoms with E-state index in [0.29, 0.717) is 11.7 Å². The molecule has 0 spiro atoms. The molecule has 1 aromatic heterocycles. The molecule has 0 saturated carbocycles. The molecule has 10 heteroatoms. The average Bonchev–Trinajstić information content (AvgIpc) is 3.04. The summed E-state index contributed by atoms with van der Waals surface area (Å²) in [6.07, 6.45) is 1.37. The summed E-state index contributed by atoms with van der Waals surface area (Å²) in [5.41, 5.74) is -0.222. The van der Waals surface area contributed by atoms with Crippen LogP contribution in [0.4, 0.5) is 10.3 Å². The molecule has 1 fully saturated rings. The number of aromatic nitrogens is 2. The standard InChI is InChI=1S/C15H22N4O5S/c1-4-22-12(20)11(13(21)23-5-2)8-16-14-17-18-15(25-14)19-6-7-24-10(3)9-19/h8,10H,4-7,9H2,1-3H3,(H,16,17). The number of carbonyl (C=O) groups is 2. The Labute approximate surface area is 150 Å². The minimum atomic E-state index is -0.750. The summed E-state index contributed by atoms with van der Waals surface area (Å²) < 4.78 is 15.2. The molecule has 0 bridgehead atoms. The van der Waals surface area contributed by atoms with Crippen LogP contribution in [0, 0.1) is 0 Å². The van der Waals surface area contributed by atoms with Crippen LogP contribution < -0.4 is 10.2 Å². The molecule has 25 heavy (non-hydrogen) atoms. The summed E-state index contributed by atoms with van der Waals surface area (Å²) in [4.78, 5) is 25.8. The third-order valence-corrected chi connectivity index (χ3v) is 4.17. The minimum Gasteiger partial charge on any atom is -0.462 e. The van der Waals surface area contributed by atoms with Crippen molar-refractivity contribution in [3.05, 3.63) is 11.8 Å². The second-order valence-electron chi connectivity index (χ2n) is 5.16. The van der Waals surface area contributed by atoms with E-state index < -0.39 is 11.9 Å². The molecule has 0 aromatic carbocycles. The maximum Gasteiger partial charge on any atom is 0.347 e. The van der Waals surface area contributed by atoms with Crippen molar-refractivity contribution in [1.29, 1.82) is 0 Å². The summed E-state index contributed by atoms with van der Waals surface area (Å²) in [5, 5.41) is 12.2. The Bertz CT molecular complexity index is 613. The number of nitrogens with one attached hydrogen (secondary N) is 1. The highest BCUT2D eigenvalue weighted by atomic mass is 32.1. The Morgan fingerprint density at radius 2 is 2.00 bits per heavy atom. The van der Waals surface area contributed by atoms with Crippen LogP contribution in [0.5, 0.6) is 0 Å². The molecule has 2 heterocycles. The van der Waals surface area contributed by atoms with E-state index in [9.17, 15) is 9.59 Å². The second kappa shape index (κ2) is 9.33. The summed E-state index contributed by atoms with van der Waals surface area (Å²) in [7, 11) is 0. The Morgan fingerprint density at radius 1 is 1.32 bits per heavy atom. The first-order valence-electron chi connectivity index (χ1n) is 8.06. The van der Waals surface area contributed by atoms with Crippen molar-refractivity contribution in [3.8, 4) is 0 Å². The van der Waals surface area contributed by atoms with Gasteiger partial charge in [0.1, 0.15) is 0 Å². The Balaban J connectivity index is 2.06. The highest BCUT2D eigenvalue weighted by Crippen LogP contribution is 2.25. The SMILES string of the molecule is CCOC(=O)C(=CNc1nnc(N2CCOC(C)C2)s1)C(=O)OCC. The molecule has 138 valence electrons. The van der Waals surface area contributed by atoms with Crippen LogP contribution in [0.25, 0.3) is 0 Å². The van der Waals surface area contributed by atoms with Crippen molar-refractivity contribution in [2.75, 3.05) is 43.1 Å². The minimum absolute atomic E-state index is 0.133. The van der Waals surface area contributed by atoms with Crippen molar-refractivity contribution >= 4 is 33.5 Å². The number of hydrogen-bond acceptors (Lipinski definition) is 10. The maximum absolute atomic E-state index is 11.9. The zero-order valence-electron chi connectivity index (χ0n) is 14.5. The van der Waals surface area contributed by atoms with Crippen LogP contribution in [0.15, 0.2) is 11.8 Å². The highest BCUT2D eigenvalue weighted by Gasteiger charge is 2.22. The van der Waals surface area contributed by atoms with Crippen molar-refractivity contribution in [3.63, 3.8) is 0 Å². The normalized spacial score (nSPS) is 16.9. The van der Waals surface area contributed by atoms with Crippen LogP contribution in [0.2, 0.25) is 0 Å². The molecule has 1 atom stereocenters. The number of nitrogens with zero attached hydrogens (tertiary/aromatic N) is 3. The first-order valence-corrected chi connectivity index (χ1v) is 8.87. The van der Waals surface area contributed by atoms with Gasteiger partial charge in [-0.25, -0.2) is 9.59 Å². The van der Waals surface area contributed by atoms with Gasteiger partial charge in [0.05, 0.1) is 25.9 Å². The first kappa shape index (κ1) is 19.1. The topological polar surface area (TPSA) is 103 Å². The number of ether oxygens (including phenoxy) is 3. The van der Waals surface area contributed by atoms with Crippen molar-refractivity contribution in [1.82, 2.24) is 10.2 Å². The molecule has 1 N–H and O–H groups in total. The van der Waals surface area contributed by atoms with E-state index in [1.807, 2.05) is 6.92 Å². The van der Waals surface area contributed by atoms with Gasteiger partial charge in [0.25, 0.3) is 0 Å². The van der Waals surface area contributed by atoms with Crippen LogP contribution in [0.3, 0.4) is 0 Å². The predicted octanol–water partition coefficient (Wildman–Crippen LogP) is 1.19. The van der Waals surface area contributed by atoms with E-state index in [0.717, 1.165) is 18.2 Å². The van der Waals surface area contributed by atoms with Crippen LogP contribution in [-0.4, -0.2) is 61.2 Å². The van der Waals surface area contributed by atoms with Crippen molar-refractivity contribution in [2.24, 2.45) is 0 Å². The fourth-order valence-electron chi connectivity index (χ4n) is 2.15. The van der Waals surface area contributed by atoms with Gasteiger partial charge in [-0.3, -0.25) is 0 Å². The molecular weight excluding hydrogens is 348 g/mol. The van der Waals surface area contributed by atoms with E-state index in [1.165, 1.54) is 17.5 Å². The van der Waals surface area contributed by atoms with E-state index in [1.54, 1.807) is 13.8 Å². The van der Waals surface area contributed by atoms with E-state index in [2.05, 4.69) is 20.4 Å². The molecule has 1 unspecified atom stereocenters. The van der Waals surface area contributed by atoms with Gasteiger partial charge in [0.15, 0.2) is 5.57 Å². The molecule has 9 nitrogen and oxygen atoms in total. The Kier molecular flexibility index (Phi) is 7.14. The van der Waals surface area contributed by atoms with E-state index >= 15 is 0 Å². The molecule has 1 aliphatic heterocycles. The summed E-state index contributed by atoms with van der Waals surface area (Å²) in [6, 6.07) is 0. The Morgan fingerprint density at radius 3 is 2.60 bits per heavy atom. The molecule has 2 rings (SSSR count). The molecule has 0 aliphatic carbocycles. The number of rotatable bonds is 7. The van der Waals surface area contributed by atoms with E-state index in [4.69, 9.17) is 14.2 Å². The number of morpholine rings is 1. The monoisotopic (exact) mass is 370 g/mol. The molecule has 0 amide bonds. The van der Waals surface area contributed by atoms with Gasteiger partial charge >= 0.3 is 11.9 Å². The molecular formula is C15H22N4O5S. The van der Waals surface area contributed by atoms with E-state index in [-0.39, 0.29) is 24.9 Å². The molecule has 1 saturated heterocycles. The fourth-order valence-corrected chi connectivity index (χ4v) is 2.90. The number of esters is 2. The van der Waals surface area contributed by atoms with Gasteiger partial charge < -0.3 is 24.4 Å². The smallest absolute Gasteiger partial charge is 0.347 e. The first-order chi connectivity index (χ1) is 12.0. The maximum atomic E-state index is 11.9. The lowest BCUT2D eigenvalue weighted by molar-refractivity contribution is -0.146. The summed E-state index contributed by atoms with van der Waals surface area (Å²) in [5.74, 6) is -1.50. The number of hydrogen-bond donors (Lipinski definition) is 1. The zero-order valence-corrected chi connectivity index (χ0v) is 15.3. The lowest BCUT2D eigenvalue weighted by atomic mass is 10.3.